The molecule has 2 aliphatic heterocycles. The molecule has 4 N–H and O–H groups in total. The van der Waals surface area contributed by atoms with Crippen LogP contribution in [0.5, 0.6) is 0 Å². The summed E-state index contributed by atoms with van der Waals surface area (Å²) < 4.78 is 53.1. The highest BCUT2D eigenvalue weighted by Gasteiger charge is 2.45. The van der Waals surface area contributed by atoms with Crippen LogP contribution >= 0.6 is 0 Å². The van der Waals surface area contributed by atoms with Crippen molar-refractivity contribution in [2.75, 3.05) is 45.7 Å². The molecule has 3 saturated carbocycles. The summed E-state index contributed by atoms with van der Waals surface area (Å²) in [6.07, 6.45) is 10.2. The minimum absolute atomic E-state index is 0.0105. The van der Waals surface area contributed by atoms with Gasteiger partial charge in [-0.25, -0.2) is 9.97 Å². The highest BCUT2D eigenvalue weighted by Crippen LogP contribution is 2.38. The van der Waals surface area contributed by atoms with Crippen LogP contribution in [0.25, 0.3) is 10.9 Å². The number of likely N-dealkylation sites (tertiary alicyclic amines) is 2. The molecule has 3 aromatic rings. The van der Waals surface area contributed by atoms with Gasteiger partial charge >= 0.3 is 6.18 Å². The van der Waals surface area contributed by atoms with Crippen molar-refractivity contribution in [1.82, 2.24) is 45.6 Å². The molecule has 5 amide bonds. The van der Waals surface area contributed by atoms with Crippen molar-refractivity contribution in [3.63, 3.8) is 0 Å². The zero-order valence-corrected chi connectivity index (χ0v) is 42.6. The first-order valence-electron chi connectivity index (χ1n) is 26.4. The van der Waals surface area contributed by atoms with Crippen molar-refractivity contribution in [2.24, 2.45) is 11.8 Å². The Morgan fingerprint density at radius 3 is 2.33 bits per heavy atom. The van der Waals surface area contributed by atoms with Crippen LogP contribution in [0, 0.1) is 11.8 Å². The lowest BCUT2D eigenvalue weighted by Gasteiger charge is -2.45. The average molecular weight is 1020 g/mol. The highest BCUT2D eigenvalue weighted by atomic mass is 19.4. The molecule has 0 unspecified atom stereocenters. The second-order valence-electron chi connectivity index (χ2n) is 21.1. The third kappa shape index (κ3) is 13.4. The van der Waals surface area contributed by atoms with Gasteiger partial charge in [0.2, 0.25) is 29.5 Å². The third-order valence-electron chi connectivity index (χ3n) is 16.1. The smallest absolute Gasteiger partial charge is 0.378 e. The van der Waals surface area contributed by atoms with Gasteiger partial charge in [0.25, 0.3) is 0 Å². The number of hydrogen-bond donors (Lipinski definition) is 4. The number of anilines is 1. The van der Waals surface area contributed by atoms with Crippen LogP contribution in [0.4, 0.5) is 19.0 Å². The van der Waals surface area contributed by atoms with Gasteiger partial charge in [-0.15, -0.1) is 0 Å². The van der Waals surface area contributed by atoms with E-state index in [1.807, 2.05) is 11.0 Å². The van der Waals surface area contributed by atoms with Gasteiger partial charge in [-0.2, -0.15) is 13.2 Å². The fraction of sp³-hybridized carbons (Fsp3) is 0.660. The van der Waals surface area contributed by atoms with E-state index in [1.54, 1.807) is 30.4 Å². The molecule has 20 heteroatoms. The number of pyridine rings is 1. The minimum atomic E-state index is -4.55. The lowest BCUT2D eigenvalue weighted by atomic mass is 9.82. The van der Waals surface area contributed by atoms with Crippen molar-refractivity contribution in [3.05, 3.63) is 60.2 Å². The van der Waals surface area contributed by atoms with Crippen LogP contribution in [-0.4, -0.2) is 148 Å². The zero-order chi connectivity index (χ0) is 51.8. The number of amides is 5. The molecule has 2 aromatic heterocycles. The quantitative estimate of drug-likeness (QED) is 0.103. The number of carbonyl (C=O) groups excluding carboxylic acids is 5. The summed E-state index contributed by atoms with van der Waals surface area (Å²) in [6, 6.07) is 5.91. The fourth-order valence-corrected chi connectivity index (χ4v) is 11.7. The Bertz CT molecular complexity index is 2380. The van der Waals surface area contributed by atoms with E-state index in [0.717, 1.165) is 49.8 Å². The number of rotatable bonds is 19. The van der Waals surface area contributed by atoms with E-state index in [4.69, 9.17) is 9.47 Å². The number of nitrogens with zero attached hydrogens (tertiary/aromatic N) is 6. The topological polar surface area (TPSA) is 200 Å². The standard InChI is InChI=1S/C53H73F3N10O7/c1-32(2)64(3)37-14-20-45(66-24-21-43(52(66)71)62-49-40-27-35(53(54,55)56)11-19-42(40)59-31-60-49)44(28-37)63-50(69)33-9-12-36(13-10-33)61-46(67)8-6-25-72-38-15-17-39(18-16-38)73-26-23-58-51(70)41-29-47(68)65(4)48(41)34-7-5-22-57-30-34/h5,7,11,19,22,27,30-33,36-39,41,43-45,48H,6,8-10,12-18,20-21,23-26,28-29H2,1-4H3,(H,58,70)(H,61,67)(H,63,69)(H,59,60,62)/t33?,36?,37-,38?,39?,41+,43+,44-,45+,48-/m1/s1. The maximum Gasteiger partial charge on any atom is 0.416 e. The van der Waals surface area contributed by atoms with Gasteiger partial charge in [0.1, 0.15) is 18.2 Å². The van der Waals surface area contributed by atoms with Crippen LogP contribution in [-0.2, 0) is 39.6 Å². The SMILES string of the molecule is CC(C)N(C)[C@@H]1CC[C@H](N2CC[C@H](Nc3ncnc4ccc(C(F)(F)F)cc34)C2=O)[C@H](NC(=O)C2CCC(NC(=O)CCCOC3CCC(OCCNC(=O)[C@H]4CC(=O)N(C)[C@@H]4c4cccnc4)CC3)CC2)C1. The van der Waals surface area contributed by atoms with E-state index in [2.05, 4.69) is 62.0 Å². The Labute approximate surface area is 425 Å². The molecule has 8 rings (SSSR count). The predicted molar refractivity (Wildman–Crippen MR) is 266 cm³/mol. The maximum absolute atomic E-state index is 14.1. The minimum Gasteiger partial charge on any atom is -0.378 e. The summed E-state index contributed by atoms with van der Waals surface area (Å²) in [6.45, 7) is 5.96. The molecule has 6 atom stereocenters. The third-order valence-corrected chi connectivity index (χ3v) is 16.1. The van der Waals surface area contributed by atoms with E-state index in [0.29, 0.717) is 95.6 Å². The molecule has 0 spiro atoms. The molecule has 2 saturated heterocycles. The van der Waals surface area contributed by atoms with Crippen LogP contribution in [0.1, 0.15) is 127 Å². The average Bonchev–Trinajstić information content (AvgIpc) is 3.90. The van der Waals surface area contributed by atoms with Gasteiger partial charge in [-0.05, 0) is 134 Å². The summed E-state index contributed by atoms with van der Waals surface area (Å²) in [5.41, 5.74) is 0.355. The Balaban J connectivity index is 0.724. The van der Waals surface area contributed by atoms with Gasteiger partial charge in [0.15, 0.2) is 0 Å². The molecule has 3 aliphatic carbocycles. The Morgan fingerprint density at radius 1 is 0.890 bits per heavy atom. The number of aromatic nitrogens is 3. The molecule has 0 radical (unpaired) electrons. The number of ether oxygens (including phenoxy) is 2. The molecule has 73 heavy (non-hydrogen) atoms. The Morgan fingerprint density at radius 2 is 1.63 bits per heavy atom. The van der Waals surface area contributed by atoms with Crippen molar-refractivity contribution in [3.8, 4) is 0 Å². The van der Waals surface area contributed by atoms with Gasteiger partial charge in [0.05, 0.1) is 53.9 Å². The number of halogens is 3. The summed E-state index contributed by atoms with van der Waals surface area (Å²) in [5, 5.41) is 12.8. The van der Waals surface area contributed by atoms with Gasteiger partial charge < -0.3 is 45.4 Å². The van der Waals surface area contributed by atoms with Crippen LogP contribution in [0.3, 0.4) is 0 Å². The van der Waals surface area contributed by atoms with Gasteiger partial charge in [-0.1, -0.05) is 6.07 Å². The summed E-state index contributed by atoms with van der Waals surface area (Å²) in [7, 11) is 3.81. The second kappa shape index (κ2) is 24.3. The molecule has 0 bridgehead atoms. The van der Waals surface area contributed by atoms with E-state index in [-0.39, 0.29) is 95.5 Å². The predicted octanol–water partition coefficient (Wildman–Crippen LogP) is 5.94. The number of benzene rings is 1. The van der Waals surface area contributed by atoms with Crippen LogP contribution in [0.2, 0.25) is 0 Å². The molecular weight excluding hydrogens is 946 g/mol. The van der Waals surface area contributed by atoms with E-state index < -0.39 is 23.7 Å². The van der Waals surface area contributed by atoms with E-state index >= 15 is 0 Å². The van der Waals surface area contributed by atoms with Crippen molar-refractivity contribution in [1.29, 1.82) is 0 Å². The monoisotopic (exact) mass is 1020 g/mol. The Hall–Kier alpha value is -5.47. The first-order chi connectivity index (χ1) is 35.0. The fourth-order valence-electron chi connectivity index (χ4n) is 11.7. The molecule has 4 heterocycles. The molecular formula is C53H73F3N10O7. The van der Waals surface area contributed by atoms with Gasteiger partial charge in [0, 0.05) is 81.4 Å². The molecule has 1 aromatic carbocycles. The highest BCUT2D eigenvalue weighted by molar-refractivity contribution is 5.93. The first kappa shape index (κ1) is 53.8. The van der Waals surface area contributed by atoms with Crippen LogP contribution < -0.4 is 21.3 Å². The number of nitrogens with one attached hydrogen (secondary N) is 4. The molecule has 17 nitrogen and oxygen atoms in total. The summed E-state index contributed by atoms with van der Waals surface area (Å²) in [4.78, 5) is 85.0. The molecule has 5 aliphatic rings. The molecule has 398 valence electrons. The van der Waals surface area contributed by atoms with Crippen molar-refractivity contribution >= 4 is 46.3 Å². The van der Waals surface area contributed by atoms with Crippen LogP contribution in [0.15, 0.2) is 49.1 Å². The number of alkyl halides is 3. The van der Waals surface area contributed by atoms with E-state index in [1.165, 1.54) is 12.4 Å². The van der Waals surface area contributed by atoms with Crippen molar-refractivity contribution in [2.45, 2.75) is 171 Å². The lowest BCUT2D eigenvalue weighted by Crippen LogP contribution is -2.59. The Kier molecular flexibility index (Phi) is 17.9. The second-order valence-corrected chi connectivity index (χ2v) is 21.1. The van der Waals surface area contributed by atoms with E-state index in [9.17, 15) is 37.1 Å². The van der Waals surface area contributed by atoms with Crippen molar-refractivity contribution < 1.29 is 46.6 Å². The number of fused-ring (bicyclic) bond motifs is 1. The number of carbonyl (C=O) groups is 5. The maximum atomic E-state index is 14.1. The number of hydrogen-bond acceptors (Lipinski definition) is 12. The zero-order valence-electron chi connectivity index (χ0n) is 42.6. The largest absolute Gasteiger partial charge is 0.416 e. The van der Waals surface area contributed by atoms with Gasteiger partial charge in [-0.3, -0.25) is 29.0 Å². The normalized spacial score (nSPS) is 28.0. The first-order valence-corrected chi connectivity index (χ1v) is 26.4. The summed E-state index contributed by atoms with van der Waals surface area (Å²) >= 11 is 0. The lowest BCUT2D eigenvalue weighted by molar-refractivity contribution is -0.137. The summed E-state index contributed by atoms with van der Waals surface area (Å²) in [5.74, 6) is -0.981. The molecule has 5 fully saturated rings.